The number of nitrogens with zero attached hydrogens (tertiary/aromatic N) is 1. The van der Waals surface area contributed by atoms with Crippen LogP contribution >= 0.6 is 15.9 Å². The van der Waals surface area contributed by atoms with Crippen LogP contribution in [-0.4, -0.2) is 44.0 Å². The van der Waals surface area contributed by atoms with Gasteiger partial charge in [0.25, 0.3) is 0 Å². The lowest BCUT2D eigenvalue weighted by Crippen LogP contribution is -3.12. The molecule has 1 aliphatic heterocycles. The molecule has 19 heavy (non-hydrogen) atoms. The highest BCUT2D eigenvalue weighted by atomic mass is 79.9. The second kappa shape index (κ2) is 6.30. The third kappa shape index (κ3) is 3.88. The van der Waals surface area contributed by atoms with Crippen molar-refractivity contribution in [3.63, 3.8) is 0 Å². The monoisotopic (exact) mass is 327 g/mol. The summed E-state index contributed by atoms with van der Waals surface area (Å²) in [6.45, 7) is 3.45. The highest BCUT2D eigenvalue weighted by molar-refractivity contribution is 9.10. The molecule has 1 aromatic rings. The largest absolute Gasteiger partial charge is 0.334 e. The lowest BCUT2D eigenvalue weighted by atomic mass is 10.2. The zero-order valence-electron chi connectivity index (χ0n) is 10.8. The molecule has 0 unspecified atom stereocenters. The number of quaternary nitrogens is 1. The number of halogens is 2. The van der Waals surface area contributed by atoms with E-state index in [0.29, 0.717) is 5.56 Å². The summed E-state index contributed by atoms with van der Waals surface area (Å²) >= 11 is 3.29. The average Bonchev–Trinajstić information content (AvgIpc) is 2.40. The van der Waals surface area contributed by atoms with Crippen LogP contribution in [0.3, 0.4) is 0 Å². The Kier molecular flexibility index (Phi) is 4.71. The zero-order chi connectivity index (χ0) is 13.8. The van der Waals surface area contributed by atoms with Crippen LogP contribution in [0.2, 0.25) is 0 Å². The molecular weight excluding hydrogens is 311 g/mol. The summed E-state index contributed by atoms with van der Waals surface area (Å²) in [6.07, 6.45) is 2.99. The summed E-state index contributed by atoms with van der Waals surface area (Å²) in [7, 11) is 2.12. The third-order valence-corrected chi connectivity index (χ3v) is 3.79. The van der Waals surface area contributed by atoms with Gasteiger partial charge in [0.2, 0.25) is 5.91 Å². The molecule has 2 rings (SSSR count). The van der Waals surface area contributed by atoms with Crippen LogP contribution in [-0.2, 0) is 4.79 Å². The number of carbonyl (C=O) groups excluding carboxylic acids is 1. The molecule has 3 nitrogen and oxygen atoms in total. The Morgan fingerprint density at radius 1 is 1.42 bits per heavy atom. The van der Waals surface area contributed by atoms with Gasteiger partial charge in [0.05, 0.1) is 33.2 Å². The predicted molar refractivity (Wildman–Crippen MR) is 76.3 cm³/mol. The van der Waals surface area contributed by atoms with Crippen molar-refractivity contribution in [3.8, 4) is 0 Å². The van der Waals surface area contributed by atoms with Crippen LogP contribution in [0.15, 0.2) is 28.7 Å². The Hall–Kier alpha value is -1.20. The van der Waals surface area contributed by atoms with E-state index >= 15 is 0 Å². The molecule has 0 aliphatic carbocycles. The van der Waals surface area contributed by atoms with Gasteiger partial charge in [-0.05, 0) is 24.3 Å². The van der Waals surface area contributed by atoms with Crippen molar-refractivity contribution >= 4 is 27.9 Å². The fraction of sp³-hybridized carbons (Fsp3) is 0.357. The van der Waals surface area contributed by atoms with E-state index < -0.39 is 0 Å². The lowest BCUT2D eigenvalue weighted by molar-refractivity contribution is -0.883. The molecule has 1 saturated heterocycles. The molecule has 1 fully saturated rings. The predicted octanol–water partition coefficient (Wildman–Crippen LogP) is 0.958. The minimum absolute atomic E-state index is 0.0492. The number of benzene rings is 1. The first-order valence-electron chi connectivity index (χ1n) is 6.29. The molecular formula is C14H17BrFN2O+. The molecule has 5 heteroatoms. The molecule has 0 spiro atoms. The normalized spacial score (nSPS) is 17.1. The van der Waals surface area contributed by atoms with Gasteiger partial charge in [-0.1, -0.05) is 15.9 Å². The second-order valence-corrected chi connectivity index (χ2v) is 5.70. The van der Waals surface area contributed by atoms with Gasteiger partial charge in [0, 0.05) is 16.1 Å². The summed E-state index contributed by atoms with van der Waals surface area (Å²) in [6, 6.07) is 4.68. The van der Waals surface area contributed by atoms with Crippen LogP contribution in [0.25, 0.3) is 6.08 Å². The SMILES string of the molecule is C[NH+]1CCN(C(=O)/C=C/c2cc(Br)ccc2F)CC1. The van der Waals surface area contributed by atoms with Crippen molar-refractivity contribution < 1.29 is 14.1 Å². The quantitative estimate of drug-likeness (QED) is 0.804. The first-order valence-corrected chi connectivity index (χ1v) is 7.09. The number of carbonyl (C=O) groups is 1. The summed E-state index contributed by atoms with van der Waals surface area (Å²) < 4.78 is 14.3. The van der Waals surface area contributed by atoms with Crippen LogP contribution in [0, 0.1) is 5.82 Å². The molecule has 1 N–H and O–H groups in total. The van der Waals surface area contributed by atoms with Gasteiger partial charge in [0.1, 0.15) is 5.82 Å². The number of likely N-dealkylation sites (N-methyl/N-ethyl adjacent to an activating group) is 1. The van der Waals surface area contributed by atoms with E-state index in [-0.39, 0.29) is 11.7 Å². The van der Waals surface area contributed by atoms with E-state index in [4.69, 9.17) is 0 Å². The van der Waals surface area contributed by atoms with E-state index in [1.54, 1.807) is 17.0 Å². The maximum atomic E-state index is 13.5. The molecule has 0 saturated carbocycles. The van der Waals surface area contributed by atoms with E-state index in [9.17, 15) is 9.18 Å². The fourth-order valence-electron chi connectivity index (χ4n) is 2.02. The molecule has 1 amide bonds. The standard InChI is InChI=1S/C14H16BrFN2O/c1-17-6-8-18(9-7-17)14(19)5-2-11-10-12(15)3-4-13(11)16/h2-5,10H,6-9H2,1H3/p+1/b5-2+. The first-order chi connectivity index (χ1) is 9.06. The molecule has 0 radical (unpaired) electrons. The summed E-state index contributed by atoms with van der Waals surface area (Å²) in [5.41, 5.74) is 0.419. The number of amides is 1. The van der Waals surface area contributed by atoms with E-state index in [2.05, 4.69) is 23.0 Å². The van der Waals surface area contributed by atoms with Crippen molar-refractivity contribution in [2.45, 2.75) is 0 Å². The van der Waals surface area contributed by atoms with Crippen LogP contribution in [0.1, 0.15) is 5.56 Å². The Morgan fingerprint density at radius 3 is 2.79 bits per heavy atom. The minimum Gasteiger partial charge on any atom is -0.334 e. The first kappa shape index (κ1) is 14.2. The van der Waals surface area contributed by atoms with Gasteiger partial charge in [-0.25, -0.2) is 4.39 Å². The fourth-order valence-corrected chi connectivity index (χ4v) is 2.40. The Bertz CT molecular complexity index is 496. The summed E-state index contributed by atoms with van der Waals surface area (Å²) in [5, 5.41) is 0. The maximum Gasteiger partial charge on any atom is 0.246 e. The molecule has 0 aromatic heterocycles. The maximum absolute atomic E-state index is 13.5. The van der Waals surface area contributed by atoms with Gasteiger partial charge >= 0.3 is 0 Å². The number of piperazine rings is 1. The van der Waals surface area contributed by atoms with Gasteiger partial charge < -0.3 is 9.80 Å². The second-order valence-electron chi connectivity index (χ2n) is 4.78. The lowest BCUT2D eigenvalue weighted by Gasteiger charge is -2.29. The van der Waals surface area contributed by atoms with Crippen molar-refractivity contribution in [2.75, 3.05) is 33.2 Å². The van der Waals surface area contributed by atoms with E-state index in [0.717, 1.165) is 30.7 Å². The molecule has 1 heterocycles. The van der Waals surface area contributed by atoms with Crippen molar-refractivity contribution in [1.29, 1.82) is 0 Å². The van der Waals surface area contributed by atoms with E-state index in [1.165, 1.54) is 23.1 Å². The molecule has 1 aliphatic rings. The molecule has 102 valence electrons. The van der Waals surface area contributed by atoms with Gasteiger partial charge in [0.15, 0.2) is 0 Å². The third-order valence-electron chi connectivity index (χ3n) is 3.29. The summed E-state index contributed by atoms with van der Waals surface area (Å²) in [5.74, 6) is -0.373. The molecule has 0 bridgehead atoms. The highest BCUT2D eigenvalue weighted by Crippen LogP contribution is 2.16. The summed E-state index contributed by atoms with van der Waals surface area (Å²) in [4.78, 5) is 15.2. The Balaban J connectivity index is 2.02. The number of nitrogens with one attached hydrogen (secondary N) is 1. The van der Waals surface area contributed by atoms with Gasteiger partial charge in [-0.3, -0.25) is 4.79 Å². The van der Waals surface area contributed by atoms with Gasteiger partial charge in [-0.15, -0.1) is 0 Å². The molecule has 0 atom stereocenters. The zero-order valence-corrected chi connectivity index (χ0v) is 12.4. The minimum atomic E-state index is -0.324. The Labute approximate surface area is 120 Å². The van der Waals surface area contributed by atoms with Crippen molar-refractivity contribution in [1.82, 2.24) is 4.90 Å². The smallest absolute Gasteiger partial charge is 0.246 e. The Morgan fingerprint density at radius 2 is 2.11 bits per heavy atom. The van der Waals surface area contributed by atoms with Crippen molar-refractivity contribution in [3.05, 3.63) is 40.1 Å². The highest BCUT2D eigenvalue weighted by Gasteiger charge is 2.19. The average molecular weight is 328 g/mol. The number of rotatable bonds is 2. The number of hydrogen-bond acceptors (Lipinski definition) is 1. The number of hydrogen-bond donors (Lipinski definition) is 1. The molecule has 1 aromatic carbocycles. The van der Waals surface area contributed by atoms with Crippen LogP contribution < -0.4 is 4.90 Å². The van der Waals surface area contributed by atoms with Crippen LogP contribution in [0.5, 0.6) is 0 Å². The topological polar surface area (TPSA) is 24.8 Å². The van der Waals surface area contributed by atoms with E-state index in [1.807, 2.05) is 0 Å². The van der Waals surface area contributed by atoms with Crippen molar-refractivity contribution in [2.24, 2.45) is 0 Å². The van der Waals surface area contributed by atoms with Crippen LogP contribution in [0.4, 0.5) is 4.39 Å². The van der Waals surface area contributed by atoms with Gasteiger partial charge in [-0.2, -0.15) is 0 Å².